The van der Waals surface area contributed by atoms with E-state index in [0.717, 1.165) is 19.4 Å². The molecule has 2 heterocycles. The number of hydrogen-bond acceptors (Lipinski definition) is 6. The van der Waals surface area contributed by atoms with Crippen LogP contribution in [0.5, 0.6) is 0 Å². The van der Waals surface area contributed by atoms with E-state index in [1.165, 1.54) is 6.20 Å². The summed E-state index contributed by atoms with van der Waals surface area (Å²) in [7, 11) is 0. The van der Waals surface area contributed by atoms with E-state index in [1.54, 1.807) is 6.92 Å². The zero-order valence-corrected chi connectivity index (χ0v) is 14.5. The molecule has 1 aliphatic heterocycles. The molecule has 0 radical (unpaired) electrons. The molecule has 0 saturated carbocycles. The minimum Gasteiger partial charge on any atom is -0.478 e. The van der Waals surface area contributed by atoms with E-state index in [-0.39, 0.29) is 11.6 Å². The van der Waals surface area contributed by atoms with E-state index in [1.807, 2.05) is 25.7 Å². The van der Waals surface area contributed by atoms with Crippen LogP contribution in [0.3, 0.4) is 0 Å². The number of hydrogen-bond donors (Lipinski definition) is 2. The molecule has 1 aromatic rings. The highest BCUT2D eigenvalue weighted by molar-refractivity contribution is 5.88. The number of carbonyl (C=O) groups excluding carboxylic acids is 1. The molecular weight excluding hydrogens is 312 g/mol. The Kier molecular flexibility index (Phi) is 5.26. The lowest BCUT2D eigenvalue weighted by Gasteiger charge is -2.33. The standard InChI is InChI=1S/C16H24N4O4/c1-10-12(13(21)22)8-17-14(18-10)20-7-5-6-11(9-20)19-15(23)24-16(2,3)4/h8,11H,5-7,9H2,1-4H3,(H,19,23)(H,21,22). The fraction of sp³-hybridized carbons (Fsp3) is 0.625. The maximum Gasteiger partial charge on any atom is 0.407 e. The van der Waals surface area contributed by atoms with Crippen LogP contribution in [0.15, 0.2) is 6.20 Å². The van der Waals surface area contributed by atoms with Gasteiger partial charge in [0.05, 0.1) is 11.3 Å². The molecule has 1 aliphatic rings. The molecule has 8 nitrogen and oxygen atoms in total. The molecule has 0 spiro atoms. The molecule has 1 aromatic heterocycles. The number of aromatic nitrogens is 2. The summed E-state index contributed by atoms with van der Waals surface area (Å²) in [5, 5.41) is 11.9. The van der Waals surface area contributed by atoms with E-state index in [4.69, 9.17) is 9.84 Å². The van der Waals surface area contributed by atoms with Gasteiger partial charge in [0.1, 0.15) is 5.60 Å². The van der Waals surface area contributed by atoms with Gasteiger partial charge in [-0.3, -0.25) is 0 Å². The second kappa shape index (κ2) is 7.02. The number of rotatable bonds is 3. The number of carbonyl (C=O) groups is 2. The molecule has 2 rings (SSSR count). The molecule has 0 aromatic carbocycles. The van der Waals surface area contributed by atoms with Crippen LogP contribution in [0.1, 0.15) is 49.7 Å². The molecule has 132 valence electrons. The number of aryl methyl sites for hydroxylation is 1. The zero-order chi connectivity index (χ0) is 17.9. The number of carboxylic acid groups (broad SMARTS) is 1. The number of ether oxygens (including phenoxy) is 1. The first-order valence-corrected chi connectivity index (χ1v) is 7.97. The van der Waals surface area contributed by atoms with Crippen molar-refractivity contribution < 1.29 is 19.4 Å². The number of alkyl carbamates (subject to hydrolysis) is 1. The van der Waals surface area contributed by atoms with Gasteiger partial charge in [-0.15, -0.1) is 0 Å². The van der Waals surface area contributed by atoms with Crippen LogP contribution >= 0.6 is 0 Å². The topological polar surface area (TPSA) is 105 Å². The lowest BCUT2D eigenvalue weighted by atomic mass is 10.1. The molecule has 1 amide bonds. The maximum atomic E-state index is 11.9. The highest BCUT2D eigenvalue weighted by Gasteiger charge is 2.26. The lowest BCUT2D eigenvalue weighted by Crippen LogP contribution is -2.49. The summed E-state index contributed by atoms with van der Waals surface area (Å²) < 4.78 is 5.28. The van der Waals surface area contributed by atoms with Crippen LogP contribution in [0.4, 0.5) is 10.7 Å². The Morgan fingerprint density at radius 2 is 2.12 bits per heavy atom. The predicted molar refractivity (Wildman–Crippen MR) is 88.3 cm³/mol. The summed E-state index contributed by atoms with van der Waals surface area (Å²) in [6.45, 7) is 8.43. The molecular formula is C16H24N4O4. The highest BCUT2D eigenvalue weighted by atomic mass is 16.6. The van der Waals surface area contributed by atoms with Crippen LogP contribution in [0.25, 0.3) is 0 Å². The van der Waals surface area contributed by atoms with Crippen molar-refractivity contribution in [1.29, 1.82) is 0 Å². The van der Waals surface area contributed by atoms with Crippen LogP contribution in [0.2, 0.25) is 0 Å². The van der Waals surface area contributed by atoms with Crippen molar-refractivity contribution in [3.63, 3.8) is 0 Å². The number of anilines is 1. The summed E-state index contributed by atoms with van der Waals surface area (Å²) in [6.07, 6.45) is 2.61. The summed E-state index contributed by atoms with van der Waals surface area (Å²) in [4.78, 5) is 33.3. The Hall–Kier alpha value is -2.38. The van der Waals surface area contributed by atoms with Crippen LogP contribution in [-0.2, 0) is 4.74 Å². The molecule has 1 unspecified atom stereocenters. The minimum absolute atomic E-state index is 0.0587. The monoisotopic (exact) mass is 336 g/mol. The van der Waals surface area contributed by atoms with Crippen molar-refractivity contribution in [2.45, 2.75) is 52.2 Å². The first kappa shape index (κ1) is 18.0. The number of amides is 1. The van der Waals surface area contributed by atoms with E-state index in [2.05, 4.69) is 15.3 Å². The fourth-order valence-corrected chi connectivity index (χ4v) is 2.57. The minimum atomic E-state index is -1.04. The summed E-state index contributed by atoms with van der Waals surface area (Å²) in [5.74, 6) is -0.560. The van der Waals surface area contributed by atoms with Gasteiger partial charge < -0.3 is 20.1 Å². The summed E-state index contributed by atoms with van der Waals surface area (Å²) in [6, 6.07) is -0.0587. The smallest absolute Gasteiger partial charge is 0.407 e. The second-order valence-corrected chi connectivity index (χ2v) is 6.91. The normalized spacial score (nSPS) is 18.2. The van der Waals surface area contributed by atoms with Gasteiger partial charge in [-0.25, -0.2) is 19.6 Å². The lowest BCUT2D eigenvalue weighted by molar-refractivity contribution is 0.0499. The van der Waals surface area contributed by atoms with Gasteiger partial charge in [0.15, 0.2) is 0 Å². The first-order chi connectivity index (χ1) is 11.2. The van der Waals surface area contributed by atoms with E-state index < -0.39 is 17.7 Å². The van der Waals surface area contributed by atoms with Gasteiger partial charge in [0, 0.05) is 25.3 Å². The number of nitrogens with zero attached hydrogens (tertiary/aromatic N) is 3. The van der Waals surface area contributed by atoms with Gasteiger partial charge in [0.25, 0.3) is 0 Å². The first-order valence-electron chi connectivity index (χ1n) is 7.97. The Labute approximate surface area is 141 Å². The van der Waals surface area contributed by atoms with Crippen LogP contribution in [-0.4, -0.2) is 51.9 Å². The summed E-state index contributed by atoms with van der Waals surface area (Å²) in [5.41, 5.74) is -0.0142. The van der Waals surface area contributed by atoms with Crippen molar-refractivity contribution in [1.82, 2.24) is 15.3 Å². The third kappa shape index (κ3) is 4.81. The molecule has 0 aliphatic carbocycles. The number of nitrogens with one attached hydrogen (secondary N) is 1. The average molecular weight is 336 g/mol. The third-order valence-corrected chi connectivity index (χ3v) is 3.62. The van der Waals surface area contributed by atoms with Crippen molar-refractivity contribution >= 4 is 18.0 Å². The quantitative estimate of drug-likeness (QED) is 0.869. The van der Waals surface area contributed by atoms with Gasteiger partial charge in [-0.2, -0.15) is 0 Å². The van der Waals surface area contributed by atoms with Gasteiger partial charge >= 0.3 is 12.1 Å². The van der Waals surface area contributed by atoms with Crippen molar-refractivity contribution in [2.24, 2.45) is 0 Å². The third-order valence-electron chi connectivity index (χ3n) is 3.62. The Morgan fingerprint density at radius 3 is 2.71 bits per heavy atom. The van der Waals surface area contributed by atoms with Crippen LogP contribution in [0, 0.1) is 6.92 Å². The van der Waals surface area contributed by atoms with E-state index in [9.17, 15) is 9.59 Å². The molecule has 1 atom stereocenters. The van der Waals surface area contributed by atoms with E-state index >= 15 is 0 Å². The predicted octanol–water partition coefficient (Wildman–Crippen LogP) is 1.98. The fourth-order valence-electron chi connectivity index (χ4n) is 2.57. The summed E-state index contributed by atoms with van der Waals surface area (Å²) >= 11 is 0. The molecule has 1 fully saturated rings. The van der Waals surface area contributed by atoms with Crippen molar-refractivity contribution in [3.8, 4) is 0 Å². The Morgan fingerprint density at radius 1 is 1.42 bits per heavy atom. The van der Waals surface area contributed by atoms with E-state index in [0.29, 0.717) is 18.2 Å². The number of aromatic carboxylic acids is 1. The Balaban J connectivity index is 2.01. The molecule has 8 heteroatoms. The average Bonchev–Trinajstić information content (AvgIpc) is 2.44. The van der Waals surface area contributed by atoms with Gasteiger partial charge in [0.2, 0.25) is 5.95 Å². The van der Waals surface area contributed by atoms with Crippen molar-refractivity contribution in [3.05, 3.63) is 17.5 Å². The number of piperidine rings is 1. The molecule has 0 bridgehead atoms. The maximum absolute atomic E-state index is 11.9. The Bertz CT molecular complexity index is 627. The second-order valence-electron chi connectivity index (χ2n) is 6.91. The van der Waals surface area contributed by atoms with Gasteiger partial charge in [-0.05, 0) is 40.5 Å². The molecule has 24 heavy (non-hydrogen) atoms. The molecule has 1 saturated heterocycles. The largest absolute Gasteiger partial charge is 0.478 e. The zero-order valence-electron chi connectivity index (χ0n) is 14.5. The van der Waals surface area contributed by atoms with Crippen LogP contribution < -0.4 is 10.2 Å². The molecule has 2 N–H and O–H groups in total. The highest BCUT2D eigenvalue weighted by Crippen LogP contribution is 2.18. The number of carboxylic acids is 1. The van der Waals surface area contributed by atoms with Crippen molar-refractivity contribution in [2.75, 3.05) is 18.0 Å². The SMILES string of the molecule is Cc1nc(N2CCCC(NC(=O)OC(C)(C)C)C2)ncc1C(=O)O. The van der Waals surface area contributed by atoms with Gasteiger partial charge in [-0.1, -0.05) is 0 Å².